The summed E-state index contributed by atoms with van der Waals surface area (Å²) in [4.78, 5) is 2.93. The van der Waals surface area contributed by atoms with Crippen LogP contribution < -0.4 is 4.90 Å². The molecule has 3 unspecified atom stereocenters. The first-order valence-electron chi connectivity index (χ1n) is 12.4. The monoisotopic (exact) mass is 499 g/mol. The minimum atomic E-state index is -0.698. The quantitative estimate of drug-likeness (QED) is 0.186. The van der Waals surface area contributed by atoms with Crippen LogP contribution in [0, 0.1) is 11.7 Å². The molecule has 4 nitrogen and oxygen atoms in total. The van der Waals surface area contributed by atoms with Gasteiger partial charge in [-0.15, -0.1) is 0 Å². The topological polar surface area (TPSA) is 63.9 Å². The summed E-state index contributed by atoms with van der Waals surface area (Å²) in [7, 11) is 0. The Morgan fingerprint density at radius 3 is 2.26 bits per heavy atom. The highest BCUT2D eigenvalue weighted by Gasteiger charge is 2.44. The predicted octanol–water partition coefficient (Wildman–Crippen LogP) is 7.05. The molecule has 3 rings (SSSR count). The van der Waals surface area contributed by atoms with Gasteiger partial charge in [0.05, 0.1) is 23.0 Å². The van der Waals surface area contributed by atoms with Crippen molar-refractivity contribution in [1.29, 1.82) is 0 Å². The number of benzene rings is 2. The van der Waals surface area contributed by atoms with Crippen molar-refractivity contribution in [1.82, 2.24) is 0 Å². The minimum absolute atomic E-state index is 0.0262. The number of rotatable bonds is 10. The van der Waals surface area contributed by atoms with E-state index in [1.54, 1.807) is 31.2 Å². The van der Waals surface area contributed by atoms with Crippen LogP contribution in [0.3, 0.4) is 0 Å². The number of nitrogens with zero attached hydrogens (tertiary/aromatic N) is 1. The molecule has 4 atom stereocenters. The lowest BCUT2D eigenvalue weighted by molar-refractivity contribution is 0.156. The summed E-state index contributed by atoms with van der Waals surface area (Å²) in [6, 6.07) is 15.9. The highest BCUT2D eigenvalue weighted by molar-refractivity contribution is 7.80. The third-order valence-corrected chi connectivity index (χ3v) is 6.72. The second kappa shape index (κ2) is 14.1. The van der Waals surface area contributed by atoms with Crippen molar-refractivity contribution in [3.63, 3.8) is 0 Å². The first-order chi connectivity index (χ1) is 16.8. The van der Waals surface area contributed by atoms with Crippen molar-refractivity contribution in [3.8, 4) is 0 Å². The summed E-state index contributed by atoms with van der Waals surface area (Å²) < 4.78 is 13.2. The van der Waals surface area contributed by atoms with E-state index in [2.05, 4.69) is 4.90 Å². The molecule has 1 aliphatic heterocycles. The molecule has 6 heteroatoms. The molecular weight excluding hydrogens is 461 g/mol. The molecule has 0 aliphatic carbocycles. The Labute approximate surface area is 214 Å². The van der Waals surface area contributed by atoms with E-state index in [0.717, 1.165) is 16.2 Å². The van der Waals surface area contributed by atoms with E-state index in [-0.39, 0.29) is 23.5 Å². The molecule has 190 valence electrons. The summed E-state index contributed by atoms with van der Waals surface area (Å²) in [6.07, 6.45) is 4.35. The molecule has 1 fully saturated rings. The van der Waals surface area contributed by atoms with E-state index in [1.165, 1.54) is 12.1 Å². The van der Waals surface area contributed by atoms with Crippen molar-refractivity contribution in [3.05, 3.63) is 89.5 Å². The zero-order valence-electron chi connectivity index (χ0n) is 21.1. The maximum Gasteiger partial charge on any atom is 0.123 e. The normalized spacial score (nSPS) is 20.0. The second-order valence-electron chi connectivity index (χ2n) is 8.50. The van der Waals surface area contributed by atoms with Gasteiger partial charge in [0, 0.05) is 24.1 Å². The number of hydrogen-bond acceptors (Lipinski definition) is 4. The number of aliphatic hydroxyl groups is 3. The number of para-hydroxylation sites is 1. The van der Waals surface area contributed by atoms with E-state index in [4.69, 9.17) is 12.2 Å². The van der Waals surface area contributed by atoms with Crippen LogP contribution in [-0.2, 0) is 0 Å². The lowest BCUT2D eigenvalue weighted by Gasteiger charge is -2.51. The van der Waals surface area contributed by atoms with Crippen molar-refractivity contribution in [2.45, 2.75) is 71.6 Å². The molecule has 1 aliphatic rings. The Kier molecular flexibility index (Phi) is 11.6. The van der Waals surface area contributed by atoms with Crippen LogP contribution in [-0.4, -0.2) is 32.5 Å². The van der Waals surface area contributed by atoms with E-state index >= 15 is 0 Å². The van der Waals surface area contributed by atoms with Crippen molar-refractivity contribution in [2.75, 3.05) is 4.90 Å². The molecule has 2 aromatic carbocycles. The smallest absolute Gasteiger partial charge is 0.123 e. The van der Waals surface area contributed by atoms with Gasteiger partial charge in [0.2, 0.25) is 0 Å². The van der Waals surface area contributed by atoms with E-state index in [0.29, 0.717) is 31.2 Å². The summed E-state index contributed by atoms with van der Waals surface area (Å²) in [5.41, 5.74) is 2.50. The van der Waals surface area contributed by atoms with Crippen LogP contribution in [0.1, 0.15) is 65.0 Å². The van der Waals surface area contributed by atoms with E-state index < -0.39 is 12.2 Å². The highest BCUT2D eigenvalue weighted by Crippen LogP contribution is 2.41. The van der Waals surface area contributed by atoms with Crippen molar-refractivity contribution >= 4 is 22.9 Å². The molecule has 0 amide bonds. The van der Waals surface area contributed by atoms with Crippen LogP contribution in [0.15, 0.2) is 78.1 Å². The maximum absolute atomic E-state index is 13.2. The summed E-state index contributed by atoms with van der Waals surface area (Å²) in [5, 5.41) is 30.8. The van der Waals surface area contributed by atoms with E-state index in [1.807, 2.05) is 51.1 Å². The number of hydrogen-bond donors (Lipinski definition) is 3. The third-order valence-electron chi connectivity index (χ3n) is 6.22. The Hall–Kier alpha value is -2.54. The highest BCUT2D eigenvalue weighted by atomic mass is 32.1. The lowest BCUT2D eigenvalue weighted by atomic mass is 9.78. The van der Waals surface area contributed by atoms with Crippen LogP contribution in [0.2, 0.25) is 0 Å². The molecule has 2 aromatic rings. The molecule has 3 N–H and O–H groups in total. The van der Waals surface area contributed by atoms with Gasteiger partial charge in [-0.2, -0.15) is 0 Å². The summed E-state index contributed by atoms with van der Waals surface area (Å²) in [6.45, 7) is 7.59. The van der Waals surface area contributed by atoms with E-state index in [9.17, 15) is 19.7 Å². The van der Waals surface area contributed by atoms with Crippen LogP contribution in [0.25, 0.3) is 0 Å². The Bertz CT molecular complexity index is 989. The number of anilines is 1. The van der Waals surface area contributed by atoms with Gasteiger partial charge in [-0.1, -0.05) is 69.4 Å². The maximum atomic E-state index is 13.2. The summed E-state index contributed by atoms with van der Waals surface area (Å²) in [5.74, 6) is -0.0114. The number of thiocarbonyl (C=S) groups is 1. The minimum Gasteiger partial charge on any atom is -0.512 e. The standard InChI is InChI=1S/C27H32FNO3S.C2H6/c1-3-23(31)14-11-20(18(2)30)17-25-24(27(33)29(25)22-7-5-4-6-8-22)15-16-26(32)19-9-12-21(28)13-10-19;1-2/h4-14,18,24-26,30-32H,3,15-17H2,1-2H3;1-2H3/b20-11-,23-14+;/t18?,24-,25?,26?;/m1./s1. The number of aliphatic hydroxyl groups excluding tert-OH is 3. The lowest BCUT2D eigenvalue weighted by Crippen LogP contribution is -2.60. The summed E-state index contributed by atoms with van der Waals surface area (Å²) >= 11 is 5.78. The molecule has 1 saturated heterocycles. The molecular formula is C29H38FNO3S. The van der Waals surface area contributed by atoms with Crippen LogP contribution >= 0.6 is 12.2 Å². The molecule has 0 saturated carbocycles. The Morgan fingerprint density at radius 1 is 1.06 bits per heavy atom. The third kappa shape index (κ3) is 7.72. The SMILES string of the molecule is CC.CC/C(O)=C\C=C(\CC1[C@@H](CCC(O)c2ccc(F)cc2)C(=S)N1c1ccccc1)C(C)O. The van der Waals surface area contributed by atoms with Gasteiger partial charge in [-0.25, -0.2) is 4.39 Å². The molecule has 0 aromatic heterocycles. The zero-order valence-corrected chi connectivity index (χ0v) is 21.9. The van der Waals surface area contributed by atoms with Gasteiger partial charge in [0.1, 0.15) is 5.82 Å². The molecule has 1 heterocycles. The van der Waals surface area contributed by atoms with Gasteiger partial charge in [0.15, 0.2) is 0 Å². The zero-order chi connectivity index (χ0) is 26.0. The van der Waals surface area contributed by atoms with Gasteiger partial charge in [-0.05, 0) is 67.7 Å². The molecule has 0 spiro atoms. The largest absolute Gasteiger partial charge is 0.512 e. The van der Waals surface area contributed by atoms with Crippen molar-refractivity contribution in [2.24, 2.45) is 5.92 Å². The Balaban J connectivity index is 0.00000210. The van der Waals surface area contributed by atoms with Gasteiger partial charge in [-0.3, -0.25) is 0 Å². The number of halogens is 1. The average molecular weight is 500 g/mol. The predicted molar refractivity (Wildman–Crippen MR) is 146 cm³/mol. The fourth-order valence-corrected chi connectivity index (χ4v) is 4.71. The average Bonchev–Trinajstić information content (AvgIpc) is 2.87. The van der Waals surface area contributed by atoms with Gasteiger partial charge in [0.25, 0.3) is 0 Å². The molecule has 0 radical (unpaired) electrons. The fourth-order valence-electron chi connectivity index (χ4n) is 4.19. The molecule has 35 heavy (non-hydrogen) atoms. The number of allylic oxidation sites excluding steroid dienone is 3. The second-order valence-corrected chi connectivity index (χ2v) is 8.91. The molecule has 0 bridgehead atoms. The Morgan fingerprint density at radius 2 is 1.69 bits per heavy atom. The fraction of sp³-hybridized carbons (Fsp3) is 0.414. The van der Waals surface area contributed by atoms with Gasteiger partial charge >= 0.3 is 0 Å². The van der Waals surface area contributed by atoms with Crippen LogP contribution in [0.4, 0.5) is 10.1 Å². The first kappa shape index (κ1) is 28.7. The first-order valence-corrected chi connectivity index (χ1v) is 12.8. The van der Waals surface area contributed by atoms with Gasteiger partial charge < -0.3 is 20.2 Å². The van der Waals surface area contributed by atoms with Crippen molar-refractivity contribution < 1.29 is 19.7 Å². The van der Waals surface area contributed by atoms with Crippen LogP contribution in [0.5, 0.6) is 0 Å².